The number of benzene rings is 1. The molecule has 0 aliphatic heterocycles. The first kappa shape index (κ1) is 19.0. The van der Waals surface area contributed by atoms with Gasteiger partial charge in [-0.15, -0.1) is 0 Å². The van der Waals surface area contributed by atoms with Crippen LogP contribution in [0, 0.1) is 23.2 Å². The molecule has 28 heavy (non-hydrogen) atoms. The number of esters is 1. The van der Waals surface area contributed by atoms with Crippen LogP contribution in [-0.4, -0.2) is 32.6 Å². The van der Waals surface area contributed by atoms with E-state index in [1.165, 1.54) is 25.3 Å². The molecule has 4 bridgehead atoms. The predicted octanol–water partition coefficient (Wildman–Crippen LogP) is 4.05. The molecule has 4 fully saturated rings. The van der Waals surface area contributed by atoms with Crippen molar-refractivity contribution in [2.24, 2.45) is 23.2 Å². The second kappa shape index (κ2) is 7.61. The maximum Gasteiger partial charge on any atom is 0.331 e. The summed E-state index contributed by atoms with van der Waals surface area (Å²) in [4.78, 5) is 25.1. The second-order valence-electron chi connectivity index (χ2n) is 8.64. The van der Waals surface area contributed by atoms with E-state index in [-0.39, 0.29) is 17.8 Å². The highest BCUT2D eigenvalue weighted by molar-refractivity contribution is 5.92. The molecule has 0 radical (unpaired) electrons. The number of carbonyl (C=O) groups is 2. The number of para-hydroxylation sites is 1. The van der Waals surface area contributed by atoms with Gasteiger partial charge in [-0.05, 0) is 68.4 Å². The van der Waals surface area contributed by atoms with E-state index in [0.29, 0.717) is 34.8 Å². The Balaban J connectivity index is 1.36. The van der Waals surface area contributed by atoms with Crippen LogP contribution in [0.5, 0.6) is 11.5 Å². The number of ketones is 1. The molecule has 0 N–H and O–H groups in total. The summed E-state index contributed by atoms with van der Waals surface area (Å²) in [5.41, 5.74) is 0.487. The summed E-state index contributed by atoms with van der Waals surface area (Å²) in [6, 6.07) is 5.44. The fraction of sp³-hybridized carbons (Fsp3) is 0.565. The molecule has 0 aromatic heterocycles. The molecular formula is C23H28O5. The van der Waals surface area contributed by atoms with E-state index in [4.69, 9.17) is 14.2 Å². The van der Waals surface area contributed by atoms with Gasteiger partial charge in [-0.2, -0.15) is 0 Å². The summed E-state index contributed by atoms with van der Waals surface area (Å²) in [7, 11) is 3.12. The minimum absolute atomic E-state index is 0.118. The normalized spacial score (nSPS) is 30.4. The van der Waals surface area contributed by atoms with Crippen molar-refractivity contribution in [2.45, 2.75) is 38.5 Å². The molecular weight excluding hydrogens is 356 g/mol. The zero-order chi connectivity index (χ0) is 19.7. The molecule has 0 spiro atoms. The van der Waals surface area contributed by atoms with Crippen molar-refractivity contribution < 1.29 is 23.8 Å². The predicted molar refractivity (Wildman–Crippen MR) is 105 cm³/mol. The average molecular weight is 384 g/mol. The Bertz CT molecular complexity index is 759. The molecule has 0 atom stereocenters. The largest absolute Gasteiger partial charge is 0.493 e. The van der Waals surface area contributed by atoms with Gasteiger partial charge >= 0.3 is 5.97 Å². The van der Waals surface area contributed by atoms with Gasteiger partial charge in [0.15, 0.2) is 23.9 Å². The van der Waals surface area contributed by atoms with Crippen LogP contribution < -0.4 is 9.47 Å². The Morgan fingerprint density at radius 3 is 2.25 bits per heavy atom. The summed E-state index contributed by atoms with van der Waals surface area (Å²) in [6.45, 7) is -0.120. The van der Waals surface area contributed by atoms with E-state index in [9.17, 15) is 9.59 Å². The van der Waals surface area contributed by atoms with Gasteiger partial charge in [-0.3, -0.25) is 4.79 Å². The lowest BCUT2D eigenvalue weighted by atomic mass is 9.48. The first-order valence-electron chi connectivity index (χ1n) is 10.1. The summed E-state index contributed by atoms with van der Waals surface area (Å²) in [5, 5.41) is 0. The third-order valence-electron chi connectivity index (χ3n) is 6.81. The lowest BCUT2D eigenvalue weighted by Crippen LogP contribution is -2.51. The summed E-state index contributed by atoms with van der Waals surface area (Å²) in [5.74, 6) is 2.85. The zero-order valence-corrected chi connectivity index (χ0v) is 16.6. The van der Waals surface area contributed by atoms with Crippen LogP contribution in [0.15, 0.2) is 24.3 Å². The standard InChI is InChI=1S/C23H28O5/c1-26-19-5-3-4-18(22(19)27-2)6-7-21(25)28-14-20(24)23-11-15-8-16(12-23)10-17(9-15)13-23/h3-7,15-17H,8-14H2,1-2H3/b7-6+. The molecule has 1 aromatic carbocycles. The van der Waals surface area contributed by atoms with Gasteiger partial charge < -0.3 is 14.2 Å². The highest BCUT2D eigenvalue weighted by atomic mass is 16.5. The van der Waals surface area contributed by atoms with Crippen LogP contribution in [0.1, 0.15) is 44.1 Å². The summed E-state index contributed by atoms with van der Waals surface area (Å²) in [6.07, 6.45) is 9.81. The number of hydrogen-bond acceptors (Lipinski definition) is 5. The van der Waals surface area contributed by atoms with Crippen LogP contribution >= 0.6 is 0 Å². The number of carbonyl (C=O) groups excluding carboxylic acids is 2. The van der Waals surface area contributed by atoms with E-state index in [1.54, 1.807) is 26.4 Å². The summed E-state index contributed by atoms with van der Waals surface area (Å²) < 4.78 is 15.9. The van der Waals surface area contributed by atoms with Crippen LogP contribution in [-0.2, 0) is 14.3 Å². The van der Waals surface area contributed by atoms with Gasteiger partial charge in [0.25, 0.3) is 0 Å². The first-order chi connectivity index (χ1) is 13.5. The third kappa shape index (κ3) is 3.54. The molecule has 1 aromatic rings. The van der Waals surface area contributed by atoms with Crippen molar-refractivity contribution in [3.05, 3.63) is 29.8 Å². The SMILES string of the molecule is COc1cccc(/C=C/C(=O)OCC(=O)C23CC4CC(CC(C4)C2)C3)c1OC. The number of ether oxygens (including phenoxy) is 3. The Kier molecular flexibility index (Phi) is 5.17. The van der Waals surface area contributed by atoms with Crippen molar-refractivity contribution >= 4 is 17.8 Å². The fourth-order valence-corrected chi connectivity index (χ4v) is 5.99. The number of rotatable bonds is 7. The Labute approximate surface area is 166 Å². The van der Waals surface area contributed by atoms with E-state index in [2.05, 4.69) is 0 Å². The molecule has 0 heterocycles. The van der Waals surface area contributed by atoms with Crippen LogP contribution in [0.25, 0.3) is 6.08 Å². The van der Waals surface area contributed by atoms with Gasteiger partial charge in [-0.1, -0.05) is 12.1 Å². The van der Waals surface area contributed by atoms with Crippen LogP contribution in [0.2, 0.25) is 0 Å². The molecule has 0 amide bonds. The molecule has 150 valence electrons. The fourth-order valence-electron chi connectivity index (χ4n) is 5.99. The lowest BCUT2D eigenvalue weighted by molar-refractivity contribution is -0.155. The Morgan fingerprint density at radius 2 is 1.68 bits per heavy atom. The van der Waals surface area contributed by atoms with Crippen molar-refractivity contribution in [2.75, 3.05) is 20.8 Å². The minimum atomic E-state index is -0.511. The van der Waals surface area contributed by atoms with Crippen molar-refractivity contribution in [1.82, 2.24) is 0 Å². The highest BCUT2D eigenvalue weighted by Gasteiger charge is 2.54. The average Bonchev–Trinajstić information content (AvgIpc) is 2.68. The smallest absolute Gasteiger partial charge is 0.331 e. The summed E-state index contributed by atoms with van der Waals surface area (Å²) >= 11 is 0. The topological polar surface area (TPSA) is 61.8 Å². The van der Waals surface area contributed by atoms with Crippen molar-refractivity contribution in [3.63, 3.8) is 0 Å². The Hall–Kier alpha value is -2.30. The molecule has 4 aliphatic rings. The molecule has 5 rings (SSSR count). The number of methoxy groups -OCH3 is 2. The zero-order valence-electron chi connectivity index (χ0n) is 16.6. The monoisotopic (exact) mass is 384 g/mol. The highest BCUT2D eigenvalue weighted by Crippen LogP contribution is 2.60. The Morgan fingerprint density at radius 1 is 1.04 bits per heavy atom. The molecule has 5 nitrogen and oxygen atoms in total. The molecule has 0 saturated heterocycles. The van der Waals surface area contributed by atoms with Crippen molar-refractivity contribution in [3.8, 4) is 11.5 Å². The third-order valence-corrected chi connectivity index (χ3v) is 6.81. The van der Waals surface area contributed by atoms with E-state index < -0.39 is 5.97 Å². The second-order valence-corrected chi connectivity index (χ2v) is 8.64. The number of hydrogen-bond donors (Lipinski definition) is 0. The molecule has 5 heteroatoms. The molecule has 0 unspecified atom stereocenters. The van der Waals surface area contributed by atoms with E-state index >= 15 is 0 Å². The van der Waals surface area contributed by atoms with E-state index in [1.807, 2.05) is 12.1 Å². The lowest BCUT2D eigenvalue weighted by Gasteiger charge is -2.55. The maximum absolute atomic E-state index is 12.9. The van der Waals surface area contributed by atoms with Gasteiger partial charge in [0, 0.05) is 17.1 Å². The number of Topliss-reactive ketones (excluding diaryl/α,β-unsaturated/α-hetero) is 1. The van der Waals surface area contributed by atoms with Crippen LogP contribution in [0.3, 0.4) is 0 Å². The maximum atomic E-state index is 12.9. The first-order valence-corrected chi connectivity index (χ1v) is 10.1. The quantitative estimate of drug-likeness (QED) is 0.524. The molecule has 4 saturated carbocycles. The van der Waals surface area contributed by atoms with Gasteiger partial charge in [-0.25, -0.2) is 4.79 Å². The van der Waals surface area contributed by atoms with Crippen molar-refractivity contribution in [1.29, 1.82) is 0 Å². The van der Waals surface area contributed by atoms with Gasteiger partial charge in [0.05, 0.1) is 14.2 Å². The van der Waals surface area contributed by atoms with E-state index in [0.717, 1.165) is 19.3 Å². The van der Waals surface area contributed by atoms with Gasteiger partial charge in [0.2, 0.25) is 0 Å². The van der Waals surface area contributed by atoms with Gasteiger partial charge in [0.1, 0.15) is 0 Å². The minimum Gasteiger partial charge on any atom is -0.493 e. The van der Waals surface area contributed by atoms with Crippen LogP contribution in [0.4, 0.5) is 0 Å². The molecule has 4 aliphatic carbocycles.